The van der Waals surface area contributed by atoms with Gasteiger partial charge in [0.25, 0.3) is 0 Å². The summed E-state index contributed by atoms with van der Waals surface area (Å²) in [4.78, 5) is 12.0. The van der Waals surface area contributed by atoms with Gasteiger partial charge in [-0.1, -0.05) is 128 Å². The summed E-state index contributed by atoms with van der Waals surface area (Å²) in [5, 5.41) is 5.04. The molecule has 11 rings (SSSR count). The molecule has 0 bridgehead atoms. The molecule has 1 aliphatic rings. The van der Waals surface area contributed by atoms with Crippen molar-refractivity contribution < 1.29 is 0 Å². The Morgan fingerprint density at radius 3 is 1.60 bits per heavy atom. The van der Waals surface area contributed by atoms with E-state index in [1.807, 2.05) is 24.5 Å². The van der Waals surface area contributed by atoms with Crippen molar-refractivity contribution in [2.24, 2.45) is 0 Å². The first-order valence-corrected chi connectivity index (χ1v) is 22.9. The molecular weight excluding hydrogens is 789 g/mol. The molecule has 0 radical (unpaired) electrons. The van der Waals surface area contributed by atoms with E-state index in [0.717, 1.165) is 50.7 Å². The Kier molecular flexibility index (Phi) is 9.27. The van der Waals surface area contributed by atoms with Crippen LogP contribution in [0.15, 0.2) is 182 Å². The van der Waals surface area contributed by atoms with Crippen molar-refractivity contribution in [1.29, 1.82) is 0 Å². The zero-order valence-electron chi connectivity index (χ0n) is 38.6. The van der Waals surface area contributed by atoms with Crippen molar-refractivity contribution in [2.45, 2.75) is 71.6 Å². The fraction of sp³-hybridized carbons (Fsp3) is 0.180. The van der Waals surface area contributed by atoms with Crippen LogP contribution in [0.4, 0.5) is 17.1 Å². The Morgan fingerprint density at radius 1 is 0.462 bits per heavy atom. The average Bonchev–Trinajstić information content (AvgIpc) is 3.66. The van der Waals surface area contributed by atoms with Gasteiger partial charge in [-0.05, 0) is 152 Å². The van der Waals surface area contributed by atoms with Crippen LogP contribution in [0.25, 0.3) is 71.9 Å². The summed E-state index contributed by atoms with van der Waals surface area (Å²) in [5.74, 6) is 0. The topological polar surface area (TPSA) is 34.0 Å². The van der Waals surface area contributed by atoms with Gasteiger partial charge in [-0.3, -0.25) is 9.97 Å². The van der Waals surface area contributed by atoms with Crippen LogP contribution in [0.3, 0.4) is 0 Å². The average molecular weight is 843 g/mol. The van der Waals surface area contributed by atoms with Gasteiger partial charge in [-0.2, -0.15) is 0 Å². The summed E-state index contributed by atoms with van der Waals surface area (Å²) in [6, 6.07) is 62.9. The number of nitrogens with zero attached hydrogens (tertiary/aromatic N) is 4. The monoisotopic (exact) mass is 842 g/mol. The van der Waals surface area contributed by atoms with E-state index >= 15 is 0 Å². The molecule has 0 saturated carbocycles. The third kappa shape index (κ3) is 6.82. The van der Waals surface area contributed by atoms with Gasteiger partial charge in [-0.15, -0.1) is 0 Å². The van der Waals surface area contributed by atoms with Gasteiger partial charge in [-0.25, -0.2) is 0 Å². The molecule has 0 N–H and O–H groups in total. The Bertz CT molecular complexity index is 3320. The van der Waals surface area contributed by atoms with Crippen molar-refractivity contribution in [2.75, 3.05) is 4.90 Å². The highest BCUT2D eigenvalue weighted by atomic mass is 15.1. The molecule has 3 aromatic heterocycles. The maximum atomic E-state index is 4.77. The molecular formula is C61H54N4. The maximum Gasteiger partial charge on any atom is 0.0702 e. The summed E-state index contributed by atoms with van der Waals surface area (Å²) >= 11 is 0. The van der Waals surface area contributed by atoms with Crippen LogP contribution >= 0.6 is 0 Å². The second-order valence-corrected chi connectivity index (χ2v) is 20.4. The lowest BCUT2D eigenvalue weighted by Crippen LogP contribution is -2.27. The molecule has 0 unspecified atom stereocenters. The molecule has 1 aliphatic heterocycles. The van der Waals surface area contributed by atoms with Gasteiger partial charge < -0.3 is 9.47 Å². The smallest absolute Gasteiger partial charge is 0.0702 e. The summed E-state index contributed by atoms with van der Waals surface area (Å²) in [6.07, 6.45) is 3.73. The van der Waals surface area contributed by atoms with Gasteiger partial charge in [0.1, 0.15) is 0 Å². The van der Waals surface area contributed by atoms with Crippen LogP contribution in [-0.4, -0.2) is 14.5 Å². The molecule has 0 atom stereocenters. The van der Waals surface area contributed by atoms with Crippen LogP contribution in [0, 0.1) is 0 Å². The van der Waals surface area contributed by atoms with Crippen LogP contribution in [0.1, 0.15) is 77.6 Å². The normalized spacial score (nSPS) is 13.4. The van der Waals surface area contributed by atoms with E-state index in [0.29, 0.717) is 0 Å². The number of anilines is 3. The van der Waals surface area contributed by atoms with Crippen molar-refractivity contribution in [3.05, 3.63) is 205 Å². The molecule has 7 aromatic carbocycles. The number of aromatic nitrogens is 3. The van der Waals surface area contributed by atoms with Crippen LogP contribution in [-0.2, 0) is 16.2 Å². The number of fused-ring (bicyclic) bond motifs is 7. The van der Waals surface area contributed by atoms with E-state index in [9.17, 15) is 0 Å². The molecule has 0 saturated heterocycles. The van der Waals surface area contributed by atoms with E-state index in [1.165, 1.54) is 60.5 Å². The highest BCUT2D eigenvalue weighted by Gasteiger charge is 2.37. The zero-order valence-corrected chi connectivity index (χ0v) is 38.6. The van der Waals surface area contributed by atoms with Crippen molar-refractivity contribution in [1.82, 2.24) is 14.5 Å². The first-order chi connectivity index (χ1) is 31.2. The van der Waals surface area contributed by atoms with Crippen LogP contribution < -0.4 is 4.90 Å². The Hall–Kier alpha value is -7.30. The lowest BCUT2D eigenvalue weighted by molar-refractivity contribution is 0.590. The van der Waals surface area contributed by atoms with E-state index in [-0.39, 0.29) is 16.2 Å². The van der Waals surface area contributed by atoms with Crippen LogP contribution in [0.5, 0.6) is 0 Å². The summed E-state index contributed by atoms with van der Waals surface area (Å²) in [7, 11) is 0. The summed E-state index contributed by atoms with van der Waals surface area (Å²) < 4.78 is 2.55. The van der Waals surface area contributed by atoms with Crippen LogP contribution in [0.2, 0.25) is 0 Å². The largest absolute Gasteiger partial charge is 0.310 e. The van der Waals surface area contributed by atoms with Gasteiger partial charge in [0, 0.05) is 56.8 Å². The molecule has 10 aromatic rings. The predicted octanol–water partition coefficient (Wildman–Crippen LogP) is 16.4. The Morgan fingerprint density at radius 2 is 1.03 bits per heavy atom. The Labute approximate surface area is 382 Å². The van der Waals surface area contributed by atoms with Gasteiger partial charge in [0.05, 0.1) is 28.1 Å². The van der Waals surface area contributed by atoms with E-state index in [2.05, 4.69) is 223 Å². The molecule has 4 nitrogen and oxygen atoms in total. The minimum absolute atomic E-state index is 0.0414. The SMILES string of the molecule is CC(C)(C)c1ccc(N(c2ccc(C(C)(C)C)cc2)c2cc3c4c(c2)c2c5ccccc5ccc2n4-c2ccc(-c4cc(-c5ccccn5)cc(-c5ccccn5)c4)cc2C3(C)C)cc1. The molecule has 0 spiro atoms. The van der Waals surface area contributed by atoms with Crippen molar-refractivity contribution in [3.63, 3.8) is 0 Å². The molecule has 0 amide bonds. The second-order valence-electron chi connectivity index (χ2n) is 20.4. The number of benzene rings is 7. The quantitative estimate of drug-likeness (QED) is 0.167. The third-order valence-electron chi connectivity index (χ3n) is 13.7. The first kappa shape index (κ1) is 40.5. The van der Waals surface area contributed by atoms with Gasteiger partial charge in [0.15, 0.2) is 0 Å². The van der Waals surface area contributed by atoms with E-state index < -0.39 is 0 Å². The molecule has 4 heteroatoms. The van der Waals surface area contributed by atoms with E-state index in [4.69, 9.17) is 9.97 Å². The Balaban J connectivity index is 1.17. The fourth-order valence-electron chi connectivity index (χ4n) is 10.1. The minimum Gasteiger partial charge on any atom is -0.310 e. The third-order valence-corrected chi connectivity index (χ3v) is 13.7. The lowest BCUT2D eigenvalue weighted by atomic mass is 9.73. The maximum absolute atomic E-state index is 4.77. The molecule has 0 fully saturated rings. The molecule has 0 aliphatic carbocycles. The van der Waals surface area contributed by atoms with E-state index in [1.54, 1.807) is 0 Å². The standard InChI is InChI=1S/C61H54N4/c1-59(2,3)44-21-25-46(26-22-44)64(47-27-23-45(24-28-47)60(4,5)6)48-37-50-57-49-16-10-9-15-39(49)19-30-56(57)65-55-29-20-40(36-51(55)61(7,8)52(38-48)58(50)65)41-33-42(53-17-11-13-31-62-53)35-43(34-41)54-18-12-14-32-63-54/h9-38H,1-8H3. The molecule has 4 heterocycles. The molecule has 65 heavy (non-hydrogen) atoms. The highest BCUT2D eigenvalue weighted by Crippen LogP contribution is 2.52. The number of hydrogen-bond donors (Lipinski definition) is 0. The fourth-order valence-corrected chi connectivity index (χ4v) is 10.1. The number of pyridine rings is 2. The molecule has 318 valence electrons. The first-order valence-electron chi connectivity index (χ1n) is 22.9. The van der Waals surface area contributed by atoms with Gasteiger partial charge in [0.2, 0.25) is 0 Å². The zero-order chi connectivity index (χ0) is 44.8. The number of rotatable bonds is 6. The van der Waals surface area contributed by atoms with Crippen molar-refractivity contribution in [3.8, 4) is 39.3 Å². The predicted molar refractivity (Wildman–Crippen MR) is 274 cm³/mol. The number of hydrogen-bond acceptors (Lipinski definition) is 3. The van der Waals surface area contributed by atoms with Crippen molar-refractivity contribution >= 4 is 49.6 Å². The second kappa shape index (κ2) is 14.9. The summed E-state index contributed by atoms with van der Waals surface area (Å²) in [6.45, 7) is 18.5. The van der Waals surface area contributed by atoms with Gasteiger partial charge >= 0.3 is 0 Å². The highest BCUT2D eigenvalue weighted by molar-refractivity contribution is 6.23. The minimum atomic E-state index is -0.375. The summed E-state index contributed by atoms with van der Waals surface area (Å²) in [5.41, 5.74) is 18.3. The lowest BCUT2D eigenvalue weighted by Gasteiger charge is -2.36.